The summed E-state index contributed by atoms with van der Waals surface area (Å²) in [7, 11) is -3.54. The molecule has 4 rings (SSSR count). The highest BCUT2D eigenvalue weighted by atomic mass is 32.2. The molecule has 2 atom stereocenters. The highest BCUT2D eigenvalue weighted by molar-refractivity contribution is 7.89. The average Bonchev–Trinajstić information content (AvgIpc) is 3.22. The third-order valence-corrected chi connectivity index (χ3v) is 8.32. The lowest BCUT2D eigenvalue weighted by Gasteiger charge is -2.34. The van der Waals surface area contributed by atoms with Crippen molar-refractivity contribution in [3.8, 4) is 0 Å². The molecule has 2 aliphatic rings. The SMILES string of the molecule is C[C@@H]1C[C@H](C)CN(S(=O)(=O)c2ccc(C(=O)Nc3nc4c(s3)CCC4)cc2)C1. The molecule has 150 valence electrons. The summed E-state index contributed by atoms with van der Waals surface area (Å²) in [4.78, 5) is 18.4. The minimum atomic E-state index is -3.54. The largest absolute Gasteiger partial charge is 0.298 e. The van der Waals surface area contributed by atoms with E-state index in [0.717, 1.165) is 31.4 Å². The molecule has 1 aromatic carbocycles. The number of rotatable bonds is 4. The zero-order valence-electron chi connectivity index (χ0n) is 16.1. The molecule has 1 saturated heterocycles. The van der Waals surface area contributed by atoms with Crippen molar-refractivity contribution in [2.24, 2.45) is 11.8 Å². The minimum Gasteiger partial charge on any atom is -0.298 e. The van der Waals surface area contributed by atoms with Gasteiger partial charge < -0.3 is 0 Å². The summed E-state index contributed by atoms with van der Waals surface area (Å²) in [6, 6.07) is 6.19. The minimum absolute atomic E-state index is 0.235. The van der Waals surface area contributed by atoms with Gasteiger partial charge >= 0.3 is 0 Å². The molecule has 1 aromatic heterocycles. The van der Waals surface area contributed by atoms with Gasteiger partial charge in [-0.3, -0.25) is 10.1 Å². The van der Waals surface area contributed by atoms with Gasteiger partial charge in [0.1, 0.15) is 0 Å². The van der Waals surface area contributed by atoms with E-state index in [0.29, 0.717) is 35.6 Å². The maximum atomic E-state index is 12.9. The van der Waals surface area contributed by atoms with Gasteiger partial charge in [-0.05, 0) is 61.8 Å². The summed E-state index contributed by atoms with van der Waals surface area (Å²) < 4.78 is 27.5. The van der Waals surface area contributed by atoms with Crippen LogP contribution in [0, 0.1) is 11.8 Å². The van der Waals surface area contributed by atoms with Gasteiger partial charge in [-0.1, -0.05) is 13.8 Å². The van der Waals surface area contributed by atoms with E-state index in [9.17, 15) is 13.2 Å². The van der Waals surface area contributed by atoms with Gasteiger partial charge in [0, 0.05) is 23.5 Å². The lowest BCUT2D eigenvalue weighted by atomic mass is 9.94. The van der Waals surface area contributed by atoms with Crippen LogP contribution in [0.15, 0.2) is 29.2 Å². The van der Waals surface area contributed by atoms with E-state index in [4.69, 9.17) is 0 Å². The summed E-state index contributed by atoms with van der Waals surface area (Å²) in [5.74, 6) is 0.434. The topological polar surface area (TPSA) is 79.4 Å². The van der Waals surface area contributed by atoms with Gasteiger partial charge in [-0.15, -0.1) is 11.3 Å². The number of aryl methyl sites for hydroxylation is 2. The number of carbonyl (C=O) groups excluding carboxylic acids is 1. The Morgan fingerprint density at radius 3 is 2.46 bits per heavy atom. The lowest BCUT2D eigenvalue weighted by Crippen LogP contribution is -2.42. The molecule has 1 fully saturated rings. The number of nitrogens with one attached hydrogen (secondary N) is 1. The Balaban J connectivity index is 1.47. The standard InChI is InChI=1S/C20H25N3O3S2/c1-13-10-14(2)12-23(11-13)28(25,26)16-8-6-15(7-9-16)19(24)22-20-21-17-4-3-5-18(17)27-20/h6-9,13-14H,3-5,10-12H2,1-2H3,(H,21,22,24)/t13-,14+. The molecule has 28 heavy (non-hydrogen) atoms. The van der Waals surface area contributed by atoms with E-state index in [1.54, 1.807) is 16.4 Å². The Kier molecular flexibility index (Phi) is 5.28. The fourth-order valence-electron chi connectivity index (χ4n) is 4.14. The average molecular weight is 420 g/mol. The number of nitrogens with zero attached hydrogens (tertiary/aromatic N) is 2. The van der Waals surface area contributed by atoms with Gasteiger partial charge in [-0.25, -0.2) is 13.4 Å². The zero-order valence-corrected chi connectivity index (χ0v) is 17.8. The summed E-state index contributed by atoms with van der Waals surface area (Å²) >= 11 is 1.53. The highest BCUT2D eigenvalue weighted by Crippen LogP contribution is 2.31. The Hall–Kier alpha value is -1.77. The van der Waals surface area contributed by atoms with Crippen LogP contribution >= 0.6 is 11.3 Å². The number of thiazole rings is 1. The first-order valence-corrected chi connectivity index (χ1v) is 12.0. The Morgan fingerprint density at radius 1 is 1.14 bits per heavy atom. The van der Waals surface area contributed by atoms with E-state index in [1.807, 2.05) is 0 Å². The Morgan fingerprint density at radius 2 is 1.82 bits per heavy atom. The maximum Gasteiger partial charge on any atom is 0.257 e. The molecule has 0 bridgehead atoms. The molecule has 2 heterocycles. The van der Waals surface area contributed by atoms with Gasteiger partial charge in [0.15, 0.2) is 5.13 Å². The van der Waals surface area contributed by atoms with Crippen LogP contribution in [0.4, 0.5) is 5.13 Å². The predicted octanol–water partition coefficient (Wildman–Crippen LogP) is 3.55. The molecule has 8 heteroatoms. The second-order valence-corrected chi connectivity index (χ2v) is 11.0. The summed E-state index contributed by atoms with van der Waals surface area (Å²) in [5, 5.41) is 3.44. The van der Waals surface area contributed by atoms with Crippen molar-refractivity contribution in [2.75, 3.05) is 18.4 Å². The fourth-order valence-corrected chi connectivity index (χ4v) is 6.87. The van der Waals surface area contributed by atoms with Crippen molar-refractivity contribution in [3.05, 3.63) is 40.4 Å². The third-order valence-electron chi connectivity index (χ3n) is 5.41. The van der Waals surface area contributed by atoms with Crippen LogP contribution in [0.1, 0.15) is 47.6 Å². The van der Waals surface area contributed by atoms with Crippen LogP contribution < -0.4 is 5.32 Å². The van der Waals surface area contributed by atoms with E-state index < -0.39 is 10.0 Å². The van der Waals surface area contributed by atoms with Crippen LogP contribution in [0.3, 0.4) is 0 Å². The van der Waals surface area contributed by atoms with Crippen LogP contribution in [0.25, 0.3) is 0 Å². The number of fused-ring (bicyclic) bond motifs is 1. The van der Waals surface area contributed by atoms with Gasteiger partial charge in [0.05, 0.1) is 10.6 Å². The van der Waals surface area contributed by atoms with Crippen molar-refractivity contribution >= 4 is 32.4 Å². The number of hydrogen-bond acceptors (Lipinski definition) is 5. The second-order valence-electron chi connectivity index (χ2n) is 7.99. The molecule has 0 spiro atoms. The van der Waals surface area contributed by atoms with Crippen LogP contribution in [0.2, 0.25) is 0 Å². The van der Waals surface area contributed by atoms with E-state index in [-0.39, 0.29) is 10.8 Å². The number of hydrogen-bond donors (Lipinski definition) is 1. The van der Waals surface area contributed by atoms with E-state index in [2.05, 4.69) is 24.1 Å². The molecule has 0 unspecified atom stereocenters. The third kappa shape index (κ3) is 3.86. The number of benzene rings is 1. The Bertz CT molecular complexity index is 951. The lowest BCUT2D eigenvalue weighted by molar-refractivity contribution is 0.102. The molecule has 1 aliphatic heterocycles. The first-order chi connectivity index (χ1) is 13.3. The summed E-state index contributed by atoms with van der Waals surface area (Å²) in [6.07, 6.45) is 4.18. The molecular formula is C20H25N3O3S2. The van der Waals surface area contributed by atoms with Crippen LogP contribution in [-0.4, -0.2) is 36.7 Å². The molecule has 2 aromatic rings. The smallest absolute Gasteiger partial charge is 0.257 e. The van der Waals surface area contributed by atoms with Crippen molar-refractivity contribution in [1.82, 2.24) is 9.29 Å². The van der Waals surface area contributed by atoms with E-state index in [1.165, 1.54) is 28.3 Å². The predicted molar refractivity (Wildman–Crippen MR) is 110 cm³/mol. The Labute approximate surface area is 170 Å². The summed E-state index contributed by atoms with van der Waals surface area (Å²) in [6.45, 7) is 5.26. The molecule has 0 saturated carbocycles. The number of piperidine rings is 1. The number of sulfonamides is 1. The number of carbonyl (C=O) groups is 1. The van der Waals surface area contributed by atoms with Crippen molar-refractivity contribution in [1.29, 1.82) is 0 Å². The normalized spacial score (nSPS) is 22.8. The molecule has 1 aliphatic carbocycles. The van der Waals surface area contributed by atoms with Crippen LogP contribution in [0.5, 0.6) is 0 Å². The number of aromatic nitrogens is 1. The zero-order chi connectivity index (χ0) is 19.9. The first kappa shape index (κ1) is 19.5. The van der Waals surface area contributed by atoms with Crippen LogP contribution in [-0.2, 0) is 22.9 Å². The van der Waals surface area contributed by atoms with Crippen molar-refractivity contribution < 1.29 is 13.2 Å². The molecule has 1 N–H and O–H groups in total. The maximum absolute atomic E-state index is 12.9. The van der Waals surface area contributed by atoms with E-state index >= 15 is 0 Å². The van der Waals surface area contributed by atoms with Gasteiger partial charge in [0.25, 0.3) is 5.91 Å². The first-order valence-electron chi connectivity index (χ1n) is 9.73. The second kappa shape index (κ2) is 7.57. The number of anilines is 1. The molecule has 6 nitrogen and oxygen atoms in total. The van der Waals surface area contributed by atoms with Crippen molar-refractivity contribution in [3.63, 3.8) is 0 Å². The monoisotopic (exact) mass is 419 g/mol. The van der Waals surface area contributed by atoms with Gasteiger partial charge in [-0.2, -0.15) is 4.31 Å². The quantitative estimate of drug-likeness (QED) is 0.822. The van der Waals surface area contributed by atoms with Gasteiger partial charge in [0.2, 0.25) is 10.0 Å². The molecule has 1 amide bonds. The fraction of sp³-hybridized carbons (Fsp3) is 0.500. The summed E-state index contributed by atoms with van der Waals surface area (Å²) in [5.41, 5.74) is 1.52. The highest BCUT2D eigenvalue weighted by Gasteiger charge is 2.31. The molecule has 0 radical (unpaired) electrons. The molecular weight excluding hydrogens is 394 g/mol. The van der Waals surface area contributed by atoms with Crippen molar-refractivity contribution in [2.45, 2.75) is 44.4 Å². The number of amides is 1.